The van der Waals surface area contributed by atoms with Gasteiger partial charge in [-0.2, -0.15) is 5.26 Å². The summed E-state index contributed by atoms with van der Waals surface area (Å²) in [7, 11) is 0. The molecule has 120 valence electrons. The van der Waals surface area contributed by atoms with E-state index < -0.39 is 0 Å². The molecule has 0 bridgehead atoms. The van der Waals surface area contributed by atoms with E-state index in [1.54, 1.807) is 25.1 Å². The molecule has 0 radical (unpaired) electrons. The molecule has 1 atom stereocenters. The molecular weight excluding hydrogens is 304 g/mol. The fraction of sp³-hybridized carbons (Fsp3) is 0.211. The Hall–Kier alpha value is -3.13. The second-order valence-electron chi connectivity index (χ2n) is 5.92. The molecule has 4 rings (SSSR count). The highest BCUT2D eigenvalue weighted by Crippen LogP contribution is 2.46. The van der Waals surface area contributed by atoms with Gasteiger partial charge in [0.15, 0.2) is 0 Å². The van der Waals surface area contributed by atoms with Gasteiger partial charge in [-0.1, -0.05) is 0 Å². The predicted octanol–water partition coefficient (Wildman–Crippen LogP) is 4.20. The quantitative estimate of drug-likeness (QED) is 0.896. The Morgan fingerprint density at radius 2 is 2.00 bits per heavy atom. The molecule has 5 nitrogen and oxygen atoms in total. The van der Waals surface area contributed by atoms with Crippen LogP contribution in [-0.2, 0) is 4.74 Å². The molecule has 0 aromatic carbocycles. The fourth-order valence-electron chi connectivity index (χ4n) is 3.41. The van der Waals surface area contributed by atoms with Crippen LogP contribution in [-0.4, -0.2) is 0 Å². The van der Waals surface area contributed by atoms with E-state index in [-0.39, 0.29) is 11.8 Å². The molecule has 2 aromatic heterocycles. The zero-order valence-corrected chi connectivity index (χ0v) is 13.0. The fourth-order valence-corrected chi connectivity index (χ4v) is 3.41. The van der Waals surface area contributed by atoms with E-state index in [1.165, 1.54) is 0 Å². The van der Waals surface area contributed by atoms with Gasteiger partial charge in [-0.05, 0) is 48.6 Å². The zero-order chi connectivity index (χ0) is 16.5. The maximum Gasteiger partial charge on any atom is 0.205 e. The van der Waals surface area contributed by atoms with Crippen LogP contribution in [0.3, 0.4) is 0 Å². The van der Waals surface area contributed by atoms with Crippen molar-refractivity contribution in [2.24, 2.45) is 5.73 Å². The van der Waals surface area contributed by atoms with Gasteiger partial charge < -0.3 is 19.3 Å². The monoisotopic (exact) mass is 320 g/mol. The van der Waals surface area contributed by atoms with E-state index in [2.05, 4.69) is 12.1 Å². The summed E-state index contributed by atoms with van der Waals surface area (Å²) in [4.78, 5) is 0. The molecular formula is C19H16N2O3. The standard InChI is InChI=1S/C19H16N2O3/c20-9-16-17(14-5-7-23-11-14)15-3-1-2-13(18(15)24-19(16)21)8-12-4-6-22-10-12/h4-8,10-11,17H,1-3,21H2. The molecule has 0 fully saturated rings. The average molecular weight is 320 g/mol. The van der Waals surface area contributed by atoms with Gasteiger partial charge in [-0.25, -0.2) is 0 Å². The van der Waals surface area contributed by atoms with Crippen molar-refractivity contribution in [2.75, 3.05) is 0 Å². The summed E-state index contributed by atoms with van der Waals surface area (Å²) in [6.45, 7) is 0. The third kappa shape index (κ3) is 2.33. The minimum atomic E-state index is -0.203. The minimum Gasteiger partial charge on any atom is -0.472 e. The Labute approximate surface area is 139 Å². The summed E-state index contributed by atoms with van der Waals surface area (Å²) in [5.74, 6) is 0.748. The second-order valence-corrected chi connectivity index (χ2v) is 5.92. The Balaban J connectivity index is 1.84. The summed E-state index contributed by atoms with van der Waals surface area (Å²) in [6, 6.07) is 5.98. The zero-order valence-electron chi connectivity index (χ0n) is 13.0. The number of nitriles is 1. The molecule has 2 aliphatic rings. The normalized spacial score (nSPS) is 22.3. The molecule has 0 saturated carbocycles. The first-order valence-corrected chi connectivity index (χ1v) is 7.84. The van der Waals surface area contributed by atoms with Gasteiger partial charge in [0, 0.05) is 11.1 Å². The highest BCUT2D eigenvalue weighted by atomic mass is 16.5. The van der Waals surface area contributed by atoms with Crippen molar-refractivity contribution in [1.82, 2.24) is 0 Å². The molecule has 0 spiro atoms. The van der Waals surface area contributed by atoms with Gasteiger partial charge in [-0.15, -0.1) is 0 Å². The Morgan fingerprint density at radius 1 is 1.17 bits per heavy atom. The summed E-state index contributed by atoms with van der Waals surface area (Å²) >= 11 is 0. The molecule has 1 aliphatic carbocycles. The Bertz CT molecular complexity index is 878. The van der Waals surface area contributed by atoms with E-state index >= 15 is 0 Å². The van der Waals surface area contributed by atoms with Crippen molar-refractivity contribution >= 4 is 6.08 Å². The lowest BCUT2D eigenvalue weighted by molar-refractivity contribution is 0.277. The van der Waals surface area contributed by atoms with Gasteiger partial charge >= 0.3 is 0 Å². The smallest absolute Gasteiger partial charge is 0.205 e. The van der Waals surface area contributed by atoms with Crippen molar-refractivity contribution in [3.63, 3.8) is 0 Å². The highest BCUT2D eigenvalue weighted by Gasteiger charge is 2.35. The number of rotatable bonds is 2. The summed E-state index contributed by atoms with van der Waals surface area (Å²) in [6.07, 6.45) is 11.4. The highest BCUT2D eigenvalue weighted by molar-refractivity contribution is 5.61. The van der Waals surface area contributed by atoms with Gasteiger partial charge in [0.2, 0.25) is 5.88 Å². The van der Waals surface area contributed by atoms with Crippen LogP contribution in [0.2, 0.25) is 0 Å². The number of furan rings is 2. The first kappa shape index (κ1) is 14.5. The average Bonchev–Trinajstić information content (AvgIpc) is 3.28. The number of hydrogen-bond donors (Lipinski definition) is 1. The van der Waals surface area contributed by atoms with E-state index in [9.17, 15) is 5.26 Å². The van der Waals surface area contributed by atoms with Crippen LogP contribution in [0.15, 0.2) is 74.4 Å². The molecule has 24 heavy (non-hydrogen) atoms. The van der Waals surface area contributed by atoms with Crippen molar-refractivity contribution in [3.05, 3.63) is 76.7 Å². The van der Waals surface area contributed by atoms with Crippen molar-refractivity contribution in [3.8, 4) is 6.07 Å². The van der Waals surface area contributed by atoms with E-state index in [0.717, 1.165) is 47.3 Å². The molecule has 2 N–H and O–H groups in total. The number of nitrogens with zero attached hydrogens (tertiary/aromatic N) is 1. The Kier molecular flexibility index (Phi) is 3.51. The van der Waals surface area contributed by atoms with E-state index in [1.807, 2.05) is 12.1 Å². The SMILES string of the molecule is N#CC1=C(N)OC2=C(CCCC2=Cc2ccoc2)C1c1ccoc1. The lowest BCUT2D eigenvalue weighted by atomic mass is 9.77. The second kappa shape index (κ2) is 5.82. The van der Waals surface area contributed by atoms with Crippen LogP contribution in [0.5, 0.6) is 0 Å². The van der Waals surface area contributed by atoms with Gasteiger partial charge in [0.25, 0.3) is 0 Å². The van der Waals surface area contributed by atoms with E-state index in [4.69, 9.17) is 19.3 Å². The van der Waals surface area contributed by atoms with Crippen LogP contribution >= 0.6 is 0 Å². The van der Waals surface area contributed by atoms with Gasteiger partial charge in [0.05, 0.1) is 31.0 Å². The molecule has 0 amide bonds. The van der Waals surface area contributed by atoms with Crippen LogP contribution < -0.4 is 5.73 Å². The van der Waals surface area contributed by atoms with Crippen LogP contribution in [0.1, 0.15) is 36.3 Å². The molecule has 1 aliphatic heterocycles. The van der Waals surface area contributed by atoms with Crippen LogP contribution in [0.4, 0.5) is 0 Å². The third-order valence-corrected chi connectivity index (χ3v) is 4.47. The van der Waals surface area contributed by atoms with Crippen LogP contribution in [0, 0.1) is 11.3 Å². The van der Waals surface area contributed by atoms with Crippen molar-refractivity contribution in [2.45, 2.75) is 25.2 Å². The topological polar surface area (TPSA) is 85.3 Å². The molecule has 5 heteroatoms. The van der Waals surface area contributed by atoms with Gasteiger partial charge in [-0.3, -0.25) is 0 Å². The number of allylic oxidation sites excluding steroid dienone is 3. The summed E-state index contributed by atoms with van der Waals surface area (Å²) < 4.78 is 16.2. The van der Waals surface area contributed by atoms with Crippen molar-refractivity contribution in [1.29, 1.82) is 5.26 Å². The lowest BCUT2D eigenvalue weighted by Crippen LogP contribution is -2.23. The lowest BCUT2D eigenvalue weighted by Gasteiger charge is -2.32. The number of ether oxygens (including phenoxy) is 1. The predicted molar refractivity (Wildman–Crippen MR) is 86.9 cm³/mol. The maximum atomic E-state index is 9.55. The molecule has 1 unspecified atom stereocenters. The minimum absolute atomic E-state index is 0.169. The third-order valence-electron chi connectivity index (χ3n) is 4.47. The first-order chi connectivity index (χ1) is 11.8. The first-order valence-electron chi connectivity index (χ1n) is 7.84. The van der Waals surface area contributed by atoms with Crippen molar-refractivity contribution < 1.29 is 13.6 Å². The Morgan fingerprint density at radius 3 is 2.71 bits per heavy atom. The summed E-state index contributed by atoms with van der Waals surface area (Å²) in [5, 5.41) is 9.55. The molecule has 0 saturated heterocycles. The maximum absolute atomic E-state index is 9.55. The summed E-state index contributed by atoms with van der Waals surface area (Å²) in [5.41, 5.74) is 10.6. The number of nitrogens with two attached hydrogens (primary N) is 1. The molecule has 2 aromatic rings. The van der Waals surface area contributed by atoms with E-state index in [0.29, 0.717) is 5.57 Å². The molecule has 3 heterocycles. The largest absolute Gasteiger partial charge is 0.472 e. The number of hydrogen-bond acceptors (Lipinski definition) is 5. The van der Waals surface area contributed by atoms with Gasteiger partial charge in [0.1, 0.15) is 17.4 Å². The van der Waals surface area contributed by atoms with Crippen LogP contribution in [0.25, 0.3) is 6.08 Å².